The van der Waals surface area contributed by atoms with E-state index in [2.05, 4.69) is 5.32 Å². The first kappa shape index (κ1) is 11.2. The smallest absolute Gasteiger partial charge is 0.135 e. The summed E-state index contributed by atoms with van der Waals surface area (Å²) in [6, 6.07) is 7.83. The average Bonchev–Trinajstić information content (AvgIpc) is 2.71. The summed E-state index contributed by atoms with van der Waals surface area (Å²) < 4.78 is 18.6. The van der Waals surface area contributed by atoms with Crippen molar-refractivity contribution >= 4 is 11.6 Å². The van der Waals surface area contributed by atoms with Crippen molar-refractivity contribution < 1.29 is 8.81 Å². The van der Waals surface area contributed by atoms with Crippen LogP contribution in [0, 0.1) is 5.82 Å². The second kappa shape index (κ2) is 4.68. The SMILES string of the molecule is CNCc1ccc(-c2cc(F)ccc2Cl)o1. The predicted molar refractivity (Wildman–Crippen MR) is 61.9 cm³/mol. The van der Waals surface area contributed by atoms with Gasteiger partial charge in [-0.1, -0.05) is 11.6 Å². The van der Waals surface area contributed by atoms with Crippen LogP contribution in [0.5, 0.6) is 0 Å². The normalized spacial score (nSPS) is 10.7. The first-order chi connectivity index (χ1) is 7.70. The third-order valence-corrected chi connectivity index (χ3v) is 2.54. The quantitative estimate of drug-likeness (QED) is 0.888. The zero-order valence-electron chi connectivity index (χ0n) is 8.76. The highest BCUT2D eigenvalue weighted by Crippen LogP contribution is 2.29. The fourth-order valence-electron chi connectivity index (χ4n) is 1.48. The van der Waals surface area contributed by atoms with Gasteiger partial charge >= 0.3 is 0 Å². The Labute approximate surface area is 98.0 Å². The minimum atomic E-state index is -0.328. The van der Waals surface area contributed by atoms with Crippen molar-refractivity contribution in [2.45, 2.75) is 6.54 Å². The molecular weight excluding hydrogens is 229 g/mol. The summed E-state index contributed by atoms with van der Waals surface area (Å²) >= 11 is 5.97. The Morgan fingerprint density at radius 1 is 1.31 bits per heavy atom. The Kier molecular flexibility index (Phi) is 3.27. The third kappa shape index (κ3) is 2.26. The topological polar surface area (TPSA) is 25.2 Å². The van der Waals surface area contributed by atoms with Crippen LogP contribution in [0.25, 0.3) is 11.3 Å². The Hall–Kier alpha value is -1.32. The van der Waals surface area contributed by atoms with Crippen LogP contribution in [0.2, 0.25) is 5.02 Å². The Morgan fingerprint density at radius 3 is 2.88 bits per heavy atom. The van der Waals surface area contributed by atoms with Crippen LogP contribution >= 0.6 is 11.6 Å². The molecule has 84 valence electrons. The van der Waals surface area contributed by atoms with Crippen LogP contribution in [0.3, 0.4) is 0 Å². The van der Waals surface area contributed by atoms with Gasteiger partial charge in [0.1, 0.15) is 17.3 Å². The molecule has 0 radical (unpaired) electrons. The second-order valence-corrected chi connectivity index (χ2v) is 3.83. The fraction of sp³-hybridized carbons (Fsp3) is 0.167. The molecular formula is C12H11ClFNO. The number of benzene rings is 1. The van der Waals surface area contributed by atoms with E-state index in [4.69, 9.17) is 16.0 Å². The van der Waals surface area contributed by atoms with Crippen LogP contribution in [0.15, 0.2) is 34.7 Å². The molecule has 2 nitrogen and oxygen atoms in total. The van der Waals surface area contributed by atoms with E-state index in [1.165, 1.54) is 18.2 Å². The summed E-state index contributed by atoms with van der Waals surface area (Å²) in [6.07, 6.45) is 0. The van der Waals surface area contributed by atoms with Crippen molar-refractivity contribution in [1.29, 1.82) is 0 Å². The highest BCUT2D eigenvalue weighted by Gasteiger charge is 2.09. The van der Waals surface area contributed by atoms with E-state index in [1.54, 1.807) is 6.07 Å². The van der Waals surface area contributed by atoms with Gasteiger partial charge in [0, 0.05) is 5.56 Å². The monoisotopic (exact) mass is 239 g/mol. The van der Waals surface area contributed by atoms with Crippen molar-refractivity contribution in [2.24, 2.45) is 0 Å². The van der Waals surface area contributed by atoms with Gasteiger partial charge in [0.2, 0.25) is 0 Å². The number of rotatable bonds is 3. The van der Waals surface area contributed by atoms with E-state index in [9.17, 15) is 4.39 Å². The molecule has 0 aliphatic rings. The largest absolute Gasteiger partial charge is 0.460 e. The lowest BCUT2D eigenvalue weighted by Gasteiger charge is -2.01. The van der Waals surface area contributed by atoms with Crippen molar-refractivity contribution in [3.8, 4) is 11.3 Å². The highest BCUT2D eigenvalue weighted by atomic mass is 35.5. The molecule has 2 rings (SSSR count). The zero-order chi connectivity index (χ0) is 11.5. The maximum absolute atomic E-state index is 13.1. The summed E-state index contributed by atoms with van der Waals surface area (Å²) in [5.41, 5.74) is 0.573. The molecule has 0 bridgehead atoms. The van der Waals surface area contributed by atoms with Crippen molar-refractivity contribution in [2.75, 3.05) is 7.05 Å². The van der Waals surface area contributed by atoms with Gasteiger partial charge in [0.25, 0.3) is 0 Å². The number of hydrogen-bond donors (Lipinski definition) is 1. The molecule has 0 aliphatic heterocycles. The molecule has 1 aromatic heterocycles. The molecule has 0 amide bonds. The number of furan rings is 1. The standard InChI is InChI=1S/C12H11ClFNO/c1-15-7-9-3-5-12(16-9)10-6-8(14)2-4-11(10)13/h2-6,15H,7H2,1H3. The van der Waals surface area contributed by atoms with Crippen molar-refractivity contribution in [3.63, 3.8) is 0 Å². The van der Waals surface area contributed by atoms with Crippen LogP contribution in [-0.4, -0.2) is 7.05 Å². The third-order valence-electron chi connectivity index (χ3n) is 2.21. The van der Waals surface area contributed by atoms with Gasteiger partial charge in [0.15, 0.2) is 0 Å². The van der Waals surface area contributed by atoms with Gasteiger partial charge in [-0.25, -0.2) is 4.39 Å². The second-order valence-electron chi connectivity index (χ2n) is 3.42. The average molecular weight is 240 g/mol. The molecule has 2 aromatic rings. The molecule has 0 aliphatic carbocycles. The van der Waals surface area contributed by atoms with Gasteiger partial charge < -0.3 is 9.73 Å². The Balaban J connectivity index is 2.38. The lowest BCUT2D eigenvalue weighted by atomic mass is 10.2. The summed E-state index contributed by atoms with van der Waals surface area (Å²) in [6.45, 7) is 0.632. The molecule has 0 saturated heterocycles. The van der Waals surface area contributed by atoms with Gasteiger partial charge in [-0.3, -0.25) is 0 Å². The van der Waals surface area contributed by atoms with E-state index in [1.807, 2.05) is 13.1 Å². The molecule has 0 unspecified atom stereocenters. The summed E-state index contributed by atoms with van der Waals surface area (Å²) in [5.74, 6) is 1.04. The van der Waals surface area contributed by atoms with Crippen molar-refractivity contribution in [3.05, 3.63) is 46.9 Å². The molecule has 0 spiro atoms. The first-order valence-corrected chi connectivity index (χ1v) is 5.27. The minimum absolute atomic E-state index is 0.328. The van der Waals surface area contributed by atoms with Crippen LogP contribution < -0.4 is 5.32 Å². The predicted octanol–water partition coefficient (Wildman–Crippen LogP) is 3.46. The maximum atomic E-state index is 13.1. The lowest BCUT2D eigenvalue weighted by molar-refractivity contribution is 0.506. The Bertz CT molecular complexity index is 496. The number of hydrogen-bond acceptors (Lipinski definition) is 2. The molecule has 0 atom stereocenters. The Morgan fingerprint density at radius 2 is 2.12 bits per heavy atom. The van der Waals surface area contributed by atoms with Gasteiger partial charge in [-0.05, 0) is 37.4 Å². The van der Waals surface area contributed by atoms with E-state index in [-0.39, 0.29) is 5.82 Å². The van der Waals surface area contributed by atoms with Gasteiger partial charge in [-0.15, -0.1) is 0 Å². The summed E-state index contributed by atoms with van der Waals surface area (Å²) in [7, 11) is 1.83. The van der Waals surface area contributed by atoms with E-state index in [0.717, 1.165) is 5.76 Å². The van der Waals surface area contributed by atoms with Gasteiger partial charge in [0.05, 0.1) is 11.6 Å². The number of halogens is 2. The minimum Gasteiger partial charge on any atom is -0.460 e. The van der Waals surface area contributed by atoms with E-state index < -0.39 is 0 Å². The lowest BCUT2D eigenvalue weighted by Crippen LogP contribution is -2.03. The fourth-order valence-corrected chi connectivity index (χ4v) is 1.69. The first-order valence-electron chi connectivity index (χ1n) is 4.89. The van der Waals surface area contributed by atoms with Crippen LogP contribution in [-0.2, 0) is 6.54 Å². The molecule has 1 aromatic carbocycles. The molecule has 16 heavy (non-hydrogen) atoms. The molecule has 0 fully saturated rings. The van der Waals surface area contributed by atoms with Gasteiger partial charge in [-0.2, -0.15) is 0 Å². The zero-order valence-corrected chi connectivity index (χ0v) is 9.51. The van der Waals surface area contributed by atoms with E-state index in [0.29, 0.717) is 22.9 Å². The van der Waals surface area contributed by atoms with Crippen LogP contribution in [0.4, 0.5) is 4.39 Å². The molecule has 0 saturated carbocycles. The van der Waals surface area contributed by atoms with Crippen LogP contribution in [0.1, 0.15) is 5.76 Å². The molecule has 4 heteroatoms. The number of nitrogens with one attached hydrogen (secondary N) is 1. The molecule has 1 N–H and O–H groups in total. The highest BCUT2D eigenvalue weighted by molar-refractivity contribution is 6.33. The maximum Gasteiger partial charge on any atom is 0.135 e. The van der Waals surface area contributed by atoms with E-state index >= 15 is 0 Å². The summed E-state index contributed by atoms with van der Waals surface area (Å²) in [4.78, 5) is 0. The summed E-state index contributed by atoms with van der Waals surface area (Å²) in [5, 5.41) is 3.45. The van der Waals surface area contributed by atoms with Crippen molar-refractivity contribution in [1.82, 2.24) is 5.32 Å². The molecule has 1 heterocycles.